The lowest BCUT2D eigenvalue weighted by atomic mass is 10.2. The van der Waals surface area contributed by atoms with E-state index in [1.54, 1.807) is 6.33 Å². The predicted molar refractivity (Wildman–Crippen MR) is 105 cm³/mol. The van der Waals surface area contributed by atoms with Gasteiger partial charge >= 0.3 is 0 Å². The molecule has 5 rings (SSSR count). The molecule has 4 heterocycles. The van der Waals surface area contributed by atoms with Gasteiger partial charge in [0.15, 0.2) is 5.65 Å². The van der Waals surface area contributed by atoms with Crippen molar-refractivity contribution in [1.82, 2.24) is 24.7 Å². The molecule has 0 unspecified atom stereocenters. The highest BCUT2D eigenvalue weighted by Crippen LogP contribution is 2.26. The average molecular weight is 357 g/mol. The van der Waals surface area contributed by atoms with Crippen LogP contribution in [0, 0.1) is 0 Å². The average Bonchev–Trinajstić information content (AvgIpc) is 3.19. The molecule has 0 N–H and O–H groups in total. The van der Waals surface area contributed by atoms with Crippen molar-refractivity contribution < 1.29 is 0 Å². The summed E-state index contributed by atoms with van der Waals surface area (Å²) in [6, 6.07) is 16.1. The van der Waals surface area contributed by atoms with E-state index < -0.39 is 0 Å². The van der Waals surface area contributed by atoms with Gasteiger partial charge in [-0.3, -0.25) is 0 Å². The summed E-state index contributed by atoms with van der Waals surface area (Å²) < 4.78 is 1.87. The van der Waals surface area contributed by atoms with Gasteiger partial charge in [-0.05, 0) is 24.3 Å². The second-order valence-electron chi connectivity index (χ2n) is 6.49. The first-order valence-corrected chi connectivity index (χ1v) is 9.05. The van der Waals surface area contributed by atoms with Gasteiger partial charge in [-0.1, -0.05) is 24.3 Å². The van der Waals surface area contributed by atoms with Crippen LogP contribution in [0.1, 0.15) is 0 Å². The van der Waals surface area contributed by atoms with Crippen LogP contribution in [-0.2, 0) is 0 Å². The largest absolute Gasteiger partial charge is 0.353 e. The van der Waals surface area contributed by atoms with Crippen molar-refractivity contribution in [2.24, 2.45) is 0 Å². The van der Waals surface area contributed by atoms with E-state index >= 15 is 0 Å². The zero-order valence-electron chi connectivity index (χ0n) is 14.8. The van der Waals surface area contributed by atoms with Crippen LogP contribution >= 0.6 is 0 Å². The van der Waals surface area contributed by atoms with E-state index in [2.05, 4.69) is 35.9 Å². The molecule has 1 saturated heterocycles. The minimum atomic E-state index is 0.832. The maximum atomic E-state index is 4.56. The van der Waals surface area contributed by atoms with Crippen LogP contribution in [0.15, 0.2) is 67.3 Å². The van der Waals surface area contributed by atoms with Crippen molar-refractivity contribution in [3.63, 3.8) is 0 Å². The van der Waals surface area contributed by atoms with E-state index in [4.69, 9.17) is 0 Å². The molecule has 1 fully saturated rings. The first kappa shape index (κ1) is 15.7. The van der Waals surface area contributed by atoms with Crippen molar-refractivity contribution in [2.75, 3.05) is 36.0 Å². The Hall–Kier alpha value is -3.48. The number of rotatable bonds is 3. The summed E-state index contributed by atoms with van der Waals surface area (Å²) in [6.07, 6.45) is 5.33. The Morgan fingerprint density at radius 1 is 0.741 bits per heavy atom. The highest BCUT2D eigenvalue weighted by molar-refractivity contribution is 5.87. The Kier molecular flexibility index (Phi) is 3.90. The number of nitrogens with zero attached hydrogens (tertiary/aromatic N) is 7. The second kappa shape index (κ2) is 6.68. The van der Waals surface area contributed by atoms with Gasteiger partial charge in [0.1, 0.15) is 18.0 Å². The minimum Gasteiger partial charge on any atom is -0.353 e. The maximum Gasteiger partial charge on any atom is 0.168 e. The number of hydrogen-bond donors (Lipinski definition) is 0. The van der Waals surface area contributed by atoms with E-state index in [0.29, 0.717) is 0 Å². The van der Waals surface area contributed by atoms with Gasteiger partial charge in [0.05, 0.1) is 17.3 Å². The lowest BCUT2D eigenvalue weighted by Crippen LogP contribution is -2.47. The topological polar surface area (TPSA) is 63.0 Å². The quantitative estimate of drug-likeness (QED) is 0.561. The van der Waals surface area contributed by atoms with Crippen LogP contribution in [0.25, 0.3) is 16.7 Å². The lowest BCUT2D eigenvalue weighted by Gasteiger charge is -2.36. The fraction of sp³-hybridized carbons (Fsp3) is 0.200. The summed E-state index contributed by atoms with van der Waals surface area (Å²) in [5, 5.41) is 5.53. The van der Waals surface area contributed by atoms with Crippen LogP contribution in [-0.4, -0.2) is 50.9 Å². The van der Waals surface area contributed by atoms with Crippen LogP contribution in [0.2, 0.25) is 0 Å². The molecule has 0 spiro atoms. The molecule has 1 aliphatic rings. The van der Waals surface area contributed by atoms with Crippen LogP contribution in [0.3, 0.4) is 0 Å². The van der Waals surface area contributed by atoms with Crippen molar-refractivity contribution in [3.05, 3.63) is 67.3 Å². The number of benzene rings is 1. The van der Waals surface area contributed by atoms with Gasteiger partial charge in [0, 0.05) is 32.4 Å². The molecule has 1 aliphatic heterocycles. The molecule has 4 aromatic rings. The molecular formula is C20H19N7. The minimum absolute atomic E-state index is 0.832. The normalized spacial score (nSPS) is 14.7. The Bertz CT molecular complexity index is 1040. The SMILES string of the molecule is c1ccc(-n2ncc3c(N4CCN(c5ccccn5)CC4)ncnc32)cc1. The fourth-order valence-corrected chi connectivity index (χ4v) is 3.53. The number of pyridine rings is 1. The van der Waals surface area contributed by atoms with Gasteiger partial charge in [-0.25, -0.2) is 19.6 Å². The molecule has 0 saturated carbocycles. The molecule has 0 amide bonds. The summed E-state index contributed by atoms with van der Waals surface area (Å²) in [7, 11) is 0. The number of para-hydroxylation sites is 1. The zero-order valence-corrected chi connectivity index (χ0v) is 14.8. The zero-order chi connectivity index (χ0) is 18.1. The van der Waals surface area contributed by atoms with Gasteiger partial charge in [-0.15, -0.1) is 0 Å². The summed E-state index contributed by atoms with van der Waals surface area (Å²) in [6.45, 7) is 3.60. The van der Waals surface area contributed by atoms with Gasteiger partial charge in [-0.2, -0.15) is 5.10 Å². The lowest BCUT2D eigenvalue weighted by molar-refractivity contribution is 0.643. The van der Waals surface area contributed by atoms with Crippen molar-refractivity contribution in [2.45, 2.75) is 0 Å². The number of aromatic nitrogens is 5. The van der Waals surface area contributed by atoms with Crippen LogP contribution in [0.4, 0.5) is 11.6 Å². The molecule has 134 valence electrons. The molecule has 1 aromatic carbocycles. The van der Waals surface area contributed by atoms with Crippen molar-refractivity contribution >= 4 is 22.7 Å². The predicted octanol–water partition coefficient (Wildman–Crippen LogP) is 2.54. The molecular weight excluding hydrogens is 338 g/mol. The highest BCUT2D eigenvalue weighted by Gasteiger charge is 2.22. The molecule has 0 atom stereocenters. The van der Waals surface area contributed by atoms with Crippen LogP contribution in [0.5, 0.6) is 0 Å². The number of anilines is 2. The molecule has 0 bridgehead atoms. The Labute approximate surface area is 156 Å². The third-order valence-electron chi connectivity index (χ3n) is 4.90. The third kappa shape index (κ3) is 2.87. The molecule has 27 heavy (non-hydrogen) atoms. The molecule has 0 aliphatic carbocycles. The Balaban J connectivity index is 1.42. The Morgan fingerprint density at radius 3 is 2.30 bits per heavy atom. The van der Waals surface area contributed by atoms with E-state index in [1.165, 1.54) is 0 Å². The first-order chi connectivity index (χ1) is 13.4. The monoisotopic (exact) mass is 357 g/mol. The number of piperazine rings is 1. The highest BCUT2D eigenvalue weighted by atomic mass is 15.3. The summed E-state index contributed by atoms with van der Waals surface area (Å²) in [4.78, 5) is 18.1. The van der Waals surface area contributed by atoms with E-state index in [-0.39, 0.29) is 0 Å². The summed E-state index contributed by atoms with van der Waals surface area (Å²) in [5.41, 5.74) is 1.83. The van der Waals surface area contributed by atoms with Gasteiger partial charge in [0.25, 0.3) is 0 Å². The standard InChI is InChI=1S/C20H19N7/c1-2-6-16(7-3-1)27-20-17(14-24-27)19(22-15-23-20)26-12-10-25(11-13-26)18-8-4-5-9-21-18/h1-9,14-15H,10-13H2. The smallest absolute Gasteiger partial charge is 0.168 e. The maximum absolute atomic E-state index is 4.56. The van der Waals surface area contributed by atoms with Crippen LogP contribution < -0.4 is 9.80 Å². The number of fused-ring (bicyclic) bond motifs is 1. The van der Waals surface area contributed by atoms with Crippen molar-refractivity contribution in [1.29, 1.82) is 0 Å². The molecule has 7 heteroatoms. The second-order valence-corrected chi connectivity index (χ2v) is 6.49. The number of hydrogen-bond acceptors (Lipinski definition) is 6. The first-order valence-electron chi connectivity index (χ1n) is 9.05. The van der Waals surface area contributed by atoms with Gasteiger partial charge < -0.3 is 9.80 Å². The molecule has 7 nitrogen and oxygen atoms in total. The van der Waals surface area contributed by atoms with Gasteiger partial charge in [0.2, 0.25) is 0 Å². The molecule has 0 radical (unpaired) electrons. The summed E-state index contributed by atoms with van der Waals surface area (Å²) >= 11 is 0. The fourth-order valence-electron chi connectivity index (χ4n) is 3.53. The molecule has 3 aromatic heterocycles. The van der Waals surface area contributed by atoms with E-state index in [9.17, 15) is 0 Å². The Morgan fingerprint density at radius 2 is 1.52 bits per heavy atom. The van der Waals surface area contributed by atoms with E-state index in [1.807, 2.05) is 59.5 Å². The summed E-state index contributed by atoms with van der Waals surface area (Å²) in [5.74, 6) is 1.98. The third-order valence-corrected chi connectivity index (χ3v) is 4.90. The van der Waals surface area contributed by atoms with Crippen molar-refractivity contribution in [3.8, 4) is 5.69 Å². The van der Waals surface area contributed by atoms with E-state index in [0.717, 1.165) is 54.5 Å².